The van der Waals surface area contributed by atoms with E-state index in [0.717, 1.165) is 12.3 Å². The van der Waals surface area contributed by atoms with E-state index in [2.05, 4.69) is 10.1 Å². The van der Waals surface area contributed by atoms with Crippen LogP contribution in [0.5, 0.6) is 5.88 Å². The Balaban J connectivity index is 2.86. The van der Waals surface area contributed by atoms with Crippen molar-refractivity contribution in [3.63, 3.8) is 0 Å². The largest absolute Gasteiger partial charge is 0.518 e. The summed E-state index contributed by atoms with van der Waals surface area (Å²) in [6.07, 6.45) is 1.14. The topological polar surface area (TPSA) is 74.1 Å². The van der Waals surface area contributed by atoms with Crippen molar-refractivity contribution in [3.05, 3.63) is 16.0 Å². The zero-order valence-electron chi connectivity index (χ0n) is 9.14. The minimum Gasteiger partial charge on any atom is -0.480 e. The van der Waals surface area contributed by atoms with E-state index in [1.165, 1.54) is 7.11 Å². The van der Waals surface area contributed by atoms with Gasteiger partial charge in [-0.2, -0.15) is 26.7 Å². The summed E-state index contributed by atoms with van der Waals surface area (Å²) < 4.78 is 65.3. The number of hydrogen-bond acceptors (Lipinski definition) is 5. The van der Waals surface area contributed by atoms with Gasteiger partial charge >= 0.3 is 15.5 Å². The average Bonchev–Trinajstić information content (AvgIpc) is 2.66. The first-order valence-electron chi connectivity index (χ1n) is 4.59. The van der Waals surface area contributed by atoms with E-state index in [0.29, 0.717) is 0 Å². The molecule has 2 heterocycles. The van der Waals surface area contributed by atoms with Crippen LogP contribution in [0, 0.1) is 3.70 Å². The molecule has 0 saturated heterocycles. The Kier molecular flexibility index (Phi) is 3.36. The van der Waals surface area contributed by atoms with Crippen molar-refractivity contribution < 1.29 is 26.3 Å². The minimum absolute atomic E-state index is 0.00512. The van der Waals surface area contributed by atoms with Crippen LogP contribution in [0.15, 0.2) is 12.3 Å². The second-order valence-electron chi connectivity index (χ2n) is 3.30. The normalized spacial score (nSPS) is 12.9. The number of ether oxygens (including phenoxy) is 1. The van der Waals surface area contributed by atoms with Gasteiger partial charge in [-0.25, -0.2) is 4.98 Å². The van der Waals surface area contributed by atoms with Crippen LogP contribution in [-0.2, 0) is 10.0 Å². The zero-order valence-corrected chi connectivity index (χ0v) is 12.1. The van der Waals surface area contributed by atoms with Crippen LogP contribution < -0.4 is 4.74 Å². The molecule has 19 heavy (non-hydrogen) atoms. The number of methoxy groups -OCH3 is 1. The molecule has 6 nitrogen and oxygen atoms in total. The van der Waals surface area contributed by atoms with Gasteiger partial charge in [0.15, 0.2) is 0 Å². The van der Waals surface area contributed by atoms with Gasteiger partial charge in [-0.1, -0.05) is 0 Å². The number of halogens is 4. The van der Waals surface area contributed by atoms with Crippen molar-refractivity contribution in [1.29, 1.82) is 0 Å². The molecular weight excluding hydrogens is 402 g/mol. The van der Waals surface area contributed by atoms with E-state index in [-0.39, 0.29) is 24.6 Å². The summed E-state index contributed by atoms with van der Waals surface area (Å²) in [5.41, 5.74) is -5.68. The van der Waals surface area contributed by atoms with Crippen molar-refractivity contribution in [2.24, 2.45) is 0 Å². The molecule has 0 N–H and O–H groups in total. The quantitative estimate of drug-likeness (QED) is 0.710. The molecule has 0 aromatic carbocycles. The lowest BCUT2D eigenvalue weighted by Crippen LogP contribution is -2.30. The number of nitrogens with zero attached hydrogens (tertiary/aromatic N) is 3. The second-order valence-corrected chi connectivity index (χ2v) is 6.08. The fraction of sp³-hybridized carbons (Fsp3) is 0.250. The predicted molar refractivity (Wildman–Crippen MR) is 67.2 cm³/mol. The van der Waals surface area contributed by atoms with Crippen molar-refractivity contribution in [1.82, 2.24) is 14.2 Å². The molecule has 0 aliphatic heterocycles. The summed E-state index contributed by atoms with van der Waals surface area (Å²) in [6, 6.07) is 1.12. The summed E-state index contributed by atoms with van der Waals surface area (Å²) in [4.78, 5) is 3.79. The molecule has 0 spiro atoms. The van der Waals surface area contributed by atoms with E-state index in [4.69, 9.17) is 4.74 Å². The maximum absolute atomic E-state index is 12.5. The SMILES string of the molecule is COc1nccc2c1c(I)nn2S(=O)(=O)C(F)(F)F. The first-order chi connectivity index (χ1) is 8.70. The van der Waals surface area contributed by atoms with Crippen molar-refractivity contribution in [2.75, 3.05) is 7.11 Å². The first-order valence-corrected chi connectivity index (χ1v) is 7.11. The van der Waals surface area contributed by atoms with Gasteiger partial charge in [0.25, 0.3) is 0 Å². The van der Waals surface area contributed by atoms with Gasteiger partial charge in [-0.05, 0) is 28.7 Å². The highest BCUT2D eigenvalue weighted by molar-refractivity contribution is 14.1. The average molecular weight is 407 g/mol. The molecule has 0 unspecified atom stereocenters. The Morgan fingerprint density at radius 3 is 2.58 bits per heavy atom. The van der Waals surface area contributed by atoms with Gasteiger partial charge in [-0.15, -0.1) is 4.09 Å². The third kappa shape index (κ3) is 2.13. The van der Waals surface area contributed by atoms with Crippen LogP contribution in [0.4, 0.5) is 13.2 Å². The summed E-state index contributed by atoms with van der Waals surface area (Å²) in [7, 11) is -4.32. The van der Waals surface area contributed by atoms with E-state index >= 15 is 0 Å². The lowest BCUT2D eigenvalue weighted by Gasteiger charge is -2.08. The molecule has 0 aliphatic rings. The number of pyridine rings is 1. The maximum Gasteiger partial charge on any atom is 0.518 e. The predicted octanol–water partition coefficient (Wildman–Crippen LogP) is 1.74. The maximum atomic E-state index is 12.5. The Bertz CT molecular complexity index is 741. The Labute approximate surface area is 118 Å². The highest BCUT2D eigenvalue weighted by Crippen LogP contribution is 2.32. The van der Waals surface area contributed by atoms with Gasteiger partial charge in [0, 0.05) is 6.20 Å². The first kappa shape index (κ1) is 14.3. The molecule has 0 aliphatic carbocycles. The fourth-order valence-corrected chi connectivity index (χ4v) is 3.07. The zero-order chi connectivity index (χ0) is 14.4. The van der Waals surface area contributed by atoms with Crippen LogP contribution in [-0.4, -0.2) is 35.2 Å². The summed E-state index contributed by atoms with van der Waals surface area (Å²) in [6.45, 7) is 0. The summed E-state index contributed by atoms with van der Waals surface area (Å²) in [5, 5.41) is 3.52. The highest BCUT2D eigenvalue weighted by atomic mass is 127. The number of rotatable bonds is 2. The van der Waals surface area contributed by atoms with Crippen LogP contribution in [0.1, 0.15) is 0 Å². The lowest BCUT2D eigenvalue weighted by atomic mass is 10.3. The van der Waals surface area contributed by atoms with Crippen LogP contribution in [0.25, 0.3) is 10.9 Å². The van der Waals surface area contributed by atoms with Gasteiger partial charge in [-0.3, -0.25) is 0 Å². The smallest absolute Gasteiger partial charge is 0.480 e. The van der Waals surface area contributed by atoms with E-state index in [9.17, 15) is 21.6 Å². The van der Waals surface area contributed by atoms with Crippen molar-refractivity contribution in [2.45, 2.75) is 5.51 Å². The Hall–Kier alpha value is -1.11. The molecule has 0 bridgehead atoms. The number of hydrogen-bond donors (Lipinski definition) is 0. The van der Waals surface area contributed by atoms with Crippen molar-refractivity contribution in [3.8, 4) is 5.88 Å². The molecular formula is C8H5F3IN3O3S. The van der Waals surface area contributed by atoms with Crippen LogP contribution >= 0.6 is 22.6 Å². The highest BCUT2D eigenvalue weighted by Gasteiger charge is 2.49. The van der Waals surface area contributed by atoms with Gasteiger partial charge in [0.05, 0.1) is 18.0 Å². The molecule has 0 radical (unpaired) electrons. The number of fused-ring (bicyclic) bond motifs is 1. The molecule has 0 saturated carbocycles. The van der Waals surface area contributed by atoms with Gasteiger partial charge in [0.2, 0.25) is 5.88 Å². The van der Waals surface area contributed by atoms with Gasteiger partial charge < -0.3 is 4.74 Å². The number of aromatic nitrogens is 3. The van der Waals surface area contributed by atoms with Crippen molar-refractivity contribution >= 4 is 43.5 Å². The monoisotopic (exact) mass is 407 g/mol. The summed E-state index contributed by atoms with van der Waals surface area (Å²) in [5.74, 6) is 0.00512. The molecule has 104 valence electrons. The molecule has 11 heteroatoms. The molecule has 0 fully saturated rings. The van der Waals surface area contributed by atoms with E-state index in [1.807, 2.05) is 0 Å². The summed E-state index contributed by atoms with van der Waals surface area (Å²) >= 11 is 1.61. The molecule has 0 atom stereocenters. The molecule has 0 amide bonds. The Morgan fingerprint density at radius 2 is 2.05 bits per heavy atom. The van der Waals surface area contributed by atoms with Crippen LogP contribution in [0.3, 0.4) is 0 Å². The van der Waals surface area contributed by atoms with E-state index in [1.54, 1.807) is 22.6 Å². The van der Waals surface area contributed by atoms with E-state index < -0.39 is 15.5 Å². The molecule has 2 aromatic heterocycles. The molecule has 2 aromatic rings. The lowest BCUT2D eigenvalue weighted by molar-refractivity contribution is -0.0448. The fourth-order valence-electron chi connectivity index (χ4n) is 1.41. The molecule has 2 rings (SSSR count). The third-order valence-corrected chi connectivity index (χ3v) is 4.27. The third-order valence-electron chi connectivity index (χ3n) is 2.20. The minimum atomic E-state index is -5.59. The van der Waals surface area contributed by atoms with Gasteiger partial charge in [0.1, 0.15) is 3.70 Å². The standard InChI is InChI=1S/C8H5F3IN3O3S/c1-18-7-5-4(2-3-13-7)15(14-6(5)12)19(16,17)8(9,10)11/h2-3H,1H3. The second kappa shape index (κ2) is 4.47. The Morgan fingerprint density at radius 1 is 1.42 bits per heavy atom. The number of alkyl halides is 3. The van der Waals surface area contributed by atoms with Crippen LogP contribution in [0.2, 0.25) is 0 Å².